The van der Waals surface area contributed by atoms with E-state index in [-0.39, 0.29) is 11.5 Å². The van der Waals surface area contributed by atoms with Gasteiger partial charge in [0.05, 0.1) is 0 Å². The zero-order valence-corrected chi connectivity index (χ0v) is 14.5. The van der Waals surface area contributed by atoms with Crippen LogP contribution in [0.25, 0.3) is 0 Å². The van der Waals surface area contributed by atoms with E-state index >= 15 is 0 Å². The molecule has 22 heavy (non-hydrogen) atoms. The zero-order chi connectivity index (χ0) is 16.2. The molecular formula is C15H27N3O3S. The molecule has 1 aliphatic carbocycles. The van der Waals surface area contributed by atoms with Crippen molar-refractivity contribution < 1.29 is 14.4 Å². The van der Waals surface area contributed by atoms with Gasteiger partial charge in [0.25, 0.3) is 0 Å². The number of rotatable bonds is 4. The van der Waals surface area contributed by atoms with E-state index in [0.717, 1.165) is 25.1 Å². The summed E-state index contributed by atoms with van der Waals surface area (Å²) in [5.41, 5.74) is 1.94. The molecule has 0 aromatic rings. The van der Waals surface area contributed by atoms with Crippen molar-refractivity contribution in [3.63, 3.8) is 0 Å². The number of amidine groups is 1. The molecular weight excluding hydrogens is 302 g/mol. The lowest BCUT2D eigenvalue weighted by Crippen LogP contribution is -2.43. The molecule has 1 heterocycles. The highest BCUT2D eigenvalue weighted by atomic mass is 32.1. The van der Waals surface area contributed by atoms with Crippen LogP contribution in [-0.4, -0.2) is 29.6 Å². The zero-order valence-electron chi connectivity index (χ0n) is 13.6. The molecule has 1 fully saturated rings. The predicted molar refractivity (Wildman–Crippen MR) is 88.8 cm³/mol. The van der Waals surface area contributed by atoms with E-state index in [9.17, 15) is 4.79 Å². The average Bonchev–Trinajstić information content (AvgIpc) is 2.81. The Balaban J connectivity index is 1.94. The smallest absolute Gasteiger partial charge is 0.407 e. The first-order valence-electron chi connectivity index (χ1n) is 7.91. The molecule has 2 rings (SSSR count). The number of thiol groups is 1. The number of amides is 1. The summed E-state index contributed by atoms with van der Waals surface area (Å²) in [6.07, 6.45) is 6.14. The van der Waals surface area contributed by atoms with Crippen molar-refractivity contribution in [2.75, 3.05) is 6.54 Å². The van der Waals surface area contributed by atoms with Crippen LogP contribution in [0.5, 0.6) is 0 Å². The Morgan fingerprint density at radius 3 is 2.68 bits per heavy atom. The first-order chi connectivity index (χ1) is 10.3. The van der Waals surface area contributed by atoms with Crippen LogP contribution in [0, 0.1) is 5.41 Å². The minimum Gasteiger partial charge on any atom is -0.444 e. The minimum absolute atomic E-state index is 0.0161. The molecule has 0 bridgehead atoms. The van der Waals surface area contributed by atoms with Crippen molar-refractivity contribution in [3.05, 3.63) is 0 Å². The number of carbonyl (C=O) groups is 1. The normalized spacial score (nSPS) is 24.4. The molecule has 126 valence electrons. The molecule has 0 aromatic carbocycles. The van der Waals surface area contributed by atoms with Gasteiger partial charge >= 0.3 is 6.09 Å². The standard InChI is InChI=1S/C15H27N3O3S/c1-14(2,3)20-12(19)16-10-15(7-5-4-6-8-15)9-11-17-13(22)21-18-11/h13,22H,4-10H2,1-3H3,(H,16,19)(H,17,18). The van der Waals surface area contributed by atoms with E-state index < -0.39 is 11.2 Å². The highest BCUT2D eigenvalue weighted by Crippen LogP contribution is 2.39. The second kappa shape index (κ2) is 7.08. The van der Waals surface area contributed by atoms with Crippen LogP contribution in [0.3, 0.4) is 0 Å². The van der Waals surface area contributed by atoms with Crippen LogP contribution < -0.4 is 10.8 Å². The fraction of sp³-hybridized carbons (Fsp3) is 0.867. The van der Waals surface area contributed by atoms with Crippen molar-refractivity contribution in [1.82, 2.24) is 10.8 Å². The summed E-state index contributed by atoms with van der Waals surface area (Å²) < 4.78 is 5.33. The Morgan fingerprint density at radius 2 is 2.14 bits per heavy atom. The van der Waals surface area contributed by atoms with Gasteiger partial charge in [-0.1, -0.05) is 19.3 Å². The van der Waals surface area contributed by atoms with Crippen LogP contribution >= 0.6 is 12.6 Å². The molecule has 0 saturated heterocycles. The number of aliphatic imine (C=N–C) groups is 1. The Morgan fingerprint density at radius 1 is 1.45 bits per heavy atom. The van der Waals surface area contributed by atoms with E-state index in [4.69, 9.17) is 9.57 Å². The predicted octanol–water partition coefficient (Wildman–Crippen LogP) is 3.00. The van der Waals surface area contributed by atoms with Crippen molar-refractivity contribution >= 4 is 24.6 Å². The number of hydrogen-bond acceptors (Lipinski definition) is 6. The number of nitrogens with zero attached hydrogens (tertiary/aromatic N) is 1. The Hall–Kier alpha value is -0.950. The minimum atomic E-state index is -0.478. The maximum atomic E-state index is 11.9. The third kappa shape index (κ3) is 5.35. The summed E-state index contributed by atoms with van der Waals surface area (Å²) in [6, 6.07) is 0. The van der Waals surface area contributed by atoms with E-state index in [0.29, 0.717) is 6.54 Å². The summed E-state index contributed by atoms with van der Waals surface area (Å²) in [4.78, 5) is 21.4. The number of hydrogen-bond donors (Lipinski definition) is 3. The van der Waals surface area contributed by atoms with Crippen LogP contribution in [0.15, 0.2) is 4.99 Å². The summed E-state index contributed by atoms with van der Waals surface area (Å²) >= 11 is 4.17. The van der Waals surface area contributed by atoms with Gasteiger partial charge in [-0.15, -0.1) is 12.6 Å². The summed E-state index contributed by atoms with van der Waals surface area (Å²) in [5, 5.41) is 2.93. The third-order valence-corrected chi connectivity index (χ3v) is 4.23. The lowest BCUT2D eigenvalue weighted by molar-refractivity contribution is 0.0483. The number of nitrogens with one attached hydrogen (secondary N) is 2. The van der Waals surface area contributed by atoms with Crippen LogP contribution in [0.4, 0.5) is 4.79 Å². The number of hydroxylamine groups is 1. The number of alkyl carbamates (subject to hydrolysis) is 1. The summed E-state index contributed by atoms with van der Waals surface area (Å²) in [7, 11) is 0. The fourth-order valence-electron chi connectivity index (χ4n) is 3.04. The molecule has 2 aliphatic rings. The summed E-state index contributed by atoms with van der Waals surface area (Å²) in [5.74, 6) is 0.813. The highest BCUT2D eigenvalue weighted by Gasteiger charge is 2.35. The molecule has 1 unspecified atom stereocenters. The largest absolute Gasteiger partial charge is 0.444 e. The van der Waals surface area contributed by atoms with Crippen LogP contribution in [-0.2, 0) is 9.57 Å². The maximum absolute atomic E-state index is 11.9. The Kier molecular flexibility index (Phi) is 5.60. The van der Waals surface area contributed by atoms with Gasteiger partial charge in [0.15, 0.2) is 0 Å². The molecule has 2 N–H and O–H groups in total. The van der Waals surface area contributed by atoms with Crippen LogP contribution in [0.2, 0.25) is 0 Å². The first kappa shape index (κ1) is 17.4. The van der Waals surface area contributed by atoms with Gasteiger partial charge in [-0.3, -0.25) is 0 Å². The first-order valence-corrected chi connectivity index (χ1v) is 8.43. The second-order valence-electron chi connectivity index (χ2n) is 7.21. The molecule has 6 nitrogen and oxygen atoms in total. The number of ether oxygens (including phenoxy) is 1. The lowest BCUT2D eigenvalue weighted by Gasteiger charge is -2.37. The monoisotopic (exact) mass is 329 g/mol. The fourth-order valence-corrected chi connectivity index (χ4v) is 3.23. The van der Waals surface area contributed by atoms with E-state index in [2.05, 4.69) is 28.4 Å². The molecule has 1 saturated carbocycles. The lowest BCUT2D eigenvalue weighted by atomic mass is 9.71. The molecule has 0 radical (unpaired) electrons. The average molecular weight is 329 g/mol. The second-order valence-corrected chi connectivity index (χ2v) is 7.66. The SMILES string of the molecule is CC(C)(C)OC(=O)NCC1(CC2=NC(S)ON2)CCCCC1. The van der Waals surface area contributed by atoms with Gasteiger partial charge in [0, 0.05) is 13.0 Å². The van der Waals surface area contributed by atoms with Crippen molar-refractivity contribution in [1.29, 1.82) is 0 Å². The van der Waals surface area contributed by atoms with Gasteiger partial charge in [-0.05, 0) is 39.0 Å². The molecule has 1 atom stereocenters. The summed E-state index contributed by atoms with van der Waals surface area (Å²) in [6.45, 7) is 6.19. The quantitative estimate of drug-likeness (QED) is 0.693. The molecule has 1 aliphatic heterocycles. The van der Waals surface area contributed by atoms with Gasteiger partial charge in [0.2, 0.25) is 5.56 Å². The number of carbonyl (C=O) groups excluding carboxylic acids is 1. The van der Waals surface area contributed by atoms with Gasteiger partial charge in [-0.2, -0.15) is 0 Å². The van der Waals surface area contributed by atoms with Gasteiger partial charge in [0.1, 0.15) is 11.4 Å². The Bertz CT molecular complexity index is 428. The van der Waals surface area contributed by atoms with Crippen molar-refractivity contribution in [3.8, 4) is 0 Å². The Labute approximate surface area is 137 Å². The molecule has 7 heteroatoms. The topological polar surface area (TPSA) is 72.0 Å². The van der Waals surface area contributed by atoms with Gasteiger partial charge in [-0.25, -0.2) is 20.1 Å². The van der Waals surface area contributed by atoms with E-state index in [1.54, 1.807) is 0 Å². The maximum Gasteiger partial charge on any atom is 0.407 e. The van der Waals surface area contributed by atoms with Crippen molar-refractivity contribution in [2.24, 2.45) is 10.4 Å². The van der Waals surface area contributed by atoms with E-state index in [1.165, 1.54) is 19.3 Å². The molecule has 0 spiro atoms. The van der Waals surface area contributed by atoms with E-state index in [1.807, 2.05) is 20.8 Å². The van der Waals surface area contributed by atoms with Crippen LogP contribution in [0.1, 0.15) is 59.3 Å². The molecule has 0 aromatic heterocycles. The molecule has 1 amide bonds. The highest BCUT2D eigenvalue weighted by molar-refractivity contribution is 7.80. The van der Waals surface area contributed by atoms with Crippen molar-refractivity contribution in [2.45, 2.75) is 70.5 Å². The third-order valence-electron chi connectivity index (χ3n) is 4.01. The van der Waals surface area contributed by atoms with Gasteiger partial charge < -0.3 is 10.1 Å².